The second kappa shape index (κ2) is 4.02. The van der Waals surface area contributed by atoms with E-state index in [1.165, 1.54) is 0 Å². The van der Waals surface area contributed by atoms with Gasteiger partial charge in [0.05, 0.1) is 7.11 Å². The molecule has 1 heterocycles. The molecular formula is C10H7BrINO. The Morgan fingerprint density at radius 1 is 1.36 bits per heavy atom. The molecule has 0 saturated heterocycles. The molecule has 0 aliphatic carbocycles. The van der Waals surface area contributed by atoms with E-state index in [-0.39, 0.29) is 0 Å². The number of hydrogen-bond acceptors (Lipinski definition) is 2. The highest BCUT2D eigenvalue weighted by Gasteiger charge is 2.04. The van der Waals surface area contributed by atoms with Crippen LogP contribution in [0.15, 0.2) is 28.9 Å². The van der Waals surface area contributed by atoms with Gasteiger partial charge in [-0.05, 0) is 40.8 Å². The molecule has 0 amide bonds. The molecule has 0 aliphatic heterocycles. The largest absolute Gasteiger partial charge is 0.494 e. The van der Waals surface area contributed by atoms with Crippen LogP contribution in [0.3, 0.4) is 0 Å². The summed E-state index contributed by atoms with van der Waals surface area (Å²) in [6.07, 6.45) is 1.83. The van der Waals surface area contributed by atoms with Crippen molar-refractivity contribution in [3.8, 4) is 5.75 Å². The van der Waals surface area contributed by atoms with Crippen LogP contribution in [0.4, 0.5) is 0 Å². The lowest BCUT2D eigenvalue weighted by Gasteiger charge is -2.05. The average Bonchev–Trinajstić information content (AvgIpc) is 2.15. The Kier molecular flexibility index (Phi) is 2.92. The van der Waals surface area contributed by atoms with Crippen LogP contribution in [-0.2, 0) is 0 Å². The fourth-order valence-electron chi connectivity index (χ4n) is 1.31. The molecule has 2 rings (SSSR count). The molecule has 1 aromatic heterocycles. The van der Waals surface area contributed by atoms with Crippen molar-refractivity contribution in [2.75, 3.05) is 7.11 Å². The van der Waals surface area contributed by atoms with Gasteiger partial charge in [-0.15, -0.1) is 0 Å². The molecule has 0 saturated carbocycles. The monoisotopic (exact) mass is 363 g/mol. The number of pyridine rings is 1. The van der Waals surface area contributed by atoms with E-state index >= 15 is 0 Å². The molecule has 0 radical (unpaired) electrons. The molecule has 0 bridgehead atoms. The van der Waals surface area contributed by atoms with E-state index < -0.39 is 0 Å². The third kappa shape index (κ3) is 1.86. The first-order chi connectivity index (χ1) is 6.70. The third-order valence-electron chi connectivity index (χ3n) is 1.90. The van der Waals surface area contributed by atoms with Crippen LogP contribution >= 0.6 is 38.5 Å². The highest BCUT2D eigenvalue weighted by Crippen LogP contribution is 2.28. The summed E-state index contributed by atoms with van der Waals surface area (Å²) in [6.45, 7) is 0. The van der Waals surface area contributed by atoms with Gasteiger partial charge in [-0.3, -0.25) is 4.98 Å². The maximum atomic E-state index is 5.25. The van der Waals surface area contributed by atoms with Crippen LogP contribution < -0.4 is 4.74 Å². The van der Waals surface area contributed by atoms with Crippen molar-refractivity contribution in [1.82, 2.24) is 4.98 Å². The Bertz CT molecular complexity index is 482. The Labute approximate surface area is 104 Å². The standard InChI is InChI=1S/C10H7BrINO/c1-14-9-4-7(11)2-6-3-8(12)5-13-10(6)9/h2-5H,1H3. The number of fused-ring (bicyclic) bond motifs is 1. The van der Waals surface area contributed by atoms with Crippen LogP contribution in [0.2, 0.25) is 0 Å². The van der Waals surface area contributed by atoms with Gasteiger partial charge in [0.2, 0.25) is 0 Å². The number of hydrogen-bond donors (Lipinski definition) is 0. The minimum absolute atomic E-state index is 0.797. The predicted molar refractivity (Wildman–Crippen MR) is 68.7 cm³/mol. The SMILES string of the molecule is COc1cc(Br)cc2cc(I)cnc12. The molecule has 14 heavy (non-hydrogen) atoms. The molecule has 0 atom stereocenters. The second-order valence-corrected chi connectivity index (χ2v) is 4.99. The van der Waals surface area contributed by atoms with Gasteiger partial charge in [-0.25, -0.2) is 0 Å². The fourth-order valence-corrected chi connectivity index (χ4v) is 2.24. The third-order valence-corrected chi connectivity index (χ3v) is 2.95. The molecule has 0 spiro atoms. The van der Waals surface area contributed by atoms with Crippen molar-refractivity contribution in [3.63, 3.8) is 0 Å². The quantitative estimate of drug-likeness (QED) is 0.722. The van der Waals surface area contributed by atoms with E-state index in [1.807, 2.05) is 18.3 Å². The lowest BCUT2D eigenvalue weighted by Crippen LogP contribution is -1.88. The summed E-state index contributed by atoms with van der Waals surface area (Å²) in [6, 6.07) is 6.03. The smallest absolute Gasteiger partial charge is 0.146 e. The molecule has 0 unspecified atom stereocenters. The van der Waals surface area contributed by atoms with Crippen LogP contribution in [0, 0.1) is 3.57 Å². The normalized spacial score (nSPS) is 10.5. The summed E-state index contributed by atoms with van der Waals surface area (Å²) in [5.41, 5.74) is 0.899. The number of aromatic nitrogens is 1. The van der Waals surface area contributed by atoms with Crippen molar-refractivity contribution in [2.45, 2.75) is 0 Å². The number of ether oxygens (including phenoxy) is 1. The summed E-state index contributed by atoms with van der Waals surface area (Å²) in [4.78, 5) is 4.34. The topological polar surface area (TPSA) is 22.1 Å². The first kappa shape index (κ1) is 10.2. The van der Waals surface area contributed by atoms with Gasteiger partial charge in [-0.1, -0.05) is 15.9 Å². The minimum Gasteiger partial charge on any atom is -0.494 e. The first-order valence-corrected chi connectivity index (χ1v) is 5.86. The number of halogens is 2. The van der Waals surface area contributed by atoms with Gasteiger partial charge >= 0.3 is 0 Å². The van der Waals surface area contributed by atoms with Crippen molar-refractivity contribution < 1.29 is 4.74 Å². The maximum absolute atomic E-state index is 5.25. The molecule has 0 aliphatic rings. The maximum Gasteiger partial charge on any atom is 0.146 e. The Hall–Kier alpha value is -0.360. The van der Waals surface area contributed by atoms with Crippen LogP contribution in [-0.4, -0.2) is 12.1 Å². The molecule has 2 aromatic rings. The molecule has 0 N–H and O–H groups in total. The van der Waals surface area contributed by atoms with Gasteiger partial charge < -0.3 is 4.74 Å². The van der Waals surface area contributed by atoms with E-state index in [4.69, 9.17) is 4.74 Å². The molecule has 0 fully saturated rings. The summed E-state index contributed by atoms with van der Waals surface area (Å²) in [7, 11) is 1.65. The number of benzene rings is 1. The molecule has 4 heteroatoms. The Balaban J connectivity index is 2.81. The fraction of sp³-hybridized carbons (Fsp3) is 0.100. The molecule has 72 valence electrons. The summed E-state index contributed by atoms with van der Waals surface area (Å²) in [5, 5.41) is 1.09. The number of rotatable bonds is 1. The highest BCUT2D eigenvalue weighted by molar-refractivity contribution is 14.1. The van der Waals surface area contributed by atoms with Gasteiger partial charge in [-0.2, -0.15) is 0 Å². The predicted octanol–water partition coefficient (Wildman–Crippen LogP) is 3.61. The zero-order valence-electron chi connectivity index (χ0n) is 7.42. The van der Waals surface area contributed by atoms with Gasteiger partial charge in [0.15, 0.2) is 0 Å². The van der Waals surface area contributed by atoms with E-state index in [0.29, 0.717) is 0 Å². The lowest BCUT2D eigenvalue weighted by atomic mass is 10.2. The summed E-state index contributed by atoms with van der Waals surface area (Å²) >= 11 is 5.68. The lowest BCUT2D eigenvalue weighted by molar-refractivity contribution is 0.418. The van der Waals surface area contributed by atoms with Crippen molar-refractivity contribution in [1.29, 1.82) is 0 Å². The number of methoxy groups -OCH3 is 1. The van der Waals surface area contributed by atoms with E-state index in [1.54, 1.807) is 7.11 Å². The van der Waals surface area contributed by atoms with Crippen molar-refractivity contribution in [3.05, 3.63) is 32.4 Å². The van der Waals surface area contributed by atoms with Gasteiger partial charge in [0.1, 0.15) is 11.3 Å². The Morgan fingerprint density at radius 3 is 2.86 bits per heavy atom. The van der Waals surface area contributed by atoms with Gasteiger partial charge in [0.25, 0.3) is 0 Å². The molecular weight excluding hydrogens is 357 g/mol. The van der Waals surface area contributed by atoms with E-state index in [0.717, 1.165) is 24.7 Å². The first-order valence-electron chi connectivity index (χ1n) is 3.99. The zero-order valence-corrected chi connectivity index (χ0v) is 11.2. The summed E-state index contributed by atoms with van der Waals surface area (Å²) < 4.78 is 7.38. The van der Waals surface area contributed by atoms with Crippen LogP contribution in [0.25, 0.3) is 10.9 Å². The van der Waals surface area contributed by atoms with Crippen LogP contribution in [0.5, 0.6) is 5.75 Å². The minimum atomic E-state index is 0.797. The van der Waals surface area contributed by atoms with E-state index in [2.05, 4.69) is 49.6 Å². The molecule has 1 aromatic carbocycles. The van der Waals surface area contributed by atoms with Crippen molar-refractivity contribution >= 4 is 49.4 Å². The van der Waals surface area contributed by atoms with Gasteiger partial charge in [0, 0.05) is 19.6 Å². The Morgan fingerprint density at radius 2 is 2.14 bits per heavy atom. The zero-order chi connectivity index (χ0) is 10.1. The molecule has 2 nitrogen and oxygen atoms in total. The number of nitrogens with zero attached hydrogens (tertiary/aromatic N) is 1. The van der Waals surface area contributed by atoms with E-state index in [9.17, 15) is 0 Å². The second-order valence-electron chi connectivity index (χ2n) is 2.83. The van der Waals surface area contributed by atoms with Crippen LogP contribution in [0.1, 0.15) is 0 Å². The average molecular weight is 364 g/mol. The van der Waals surface area contributed by atoms with Crippen molar-refractivity contribution in [2.24, 2.45) is 0 Å². The summed E-state index contributed by atoms with van der Waals surface area (Å²) in [5.74, 6) is 0.797. The highest BCUT2D eigenvalue weighted by atomic mass is 127.